The summed E-state index contributed by atoms with van der Waals surface area (Å²) in [6.45, 7) is 4.43. The molecule has 0 fully saturated rings. The summed E-state index contributed by atoms with van der Waals surface area (Å²) in [5.41, 5.74) is 1.38. The summed E-state index contributed by atoms with van der Waals surface area (Å²) < 4.78 is 0. The molecule has 2 rings (SSSR count). The first kappa shape index (κ1) is 10.9. The summed E-state index contributed by atoms with van der Waals surface area (Å²) in [5.74, 6) is 0. The van der Waals surface area contributed by atoms with Gasteiger partial charge in [0.05, 0.1) is 0 Å². The highest BCUT2D eigenvalue weighted by Gasteiger charge is 2.11. The van der Waals surface area contributed by atoms with Gasteiger partial charge in [-0.15, -0.1) is 11.3 Å². The van der Waals surface area contributed by atoms with Crippen LogP contribution in [0.5, 0.6) is 0 Å². The summed E-state index contributed by atoms with van der Waals surface area (Å²) >= 11 is 3.57. The Hall–Kier alpha value is -0.640. The van der Waals surface area contributed by atoms with Crippen molar-refractivity contribution in [1.82, 2.24) is 5.32 Å². The smallest absolute Gasteiger partial charge is 0.0391 e. The first-order valence-corrected chi connectivity index (χ1v) is 6.91. The van der Waals surface area contributed by atoms with Crippen molar-refractivity contribution in [3.63, 3.8) is 0 Å². The molecule has 0 aliphatic carbocycles. The standard InChI is InChI=1S/C12H15NS2/c1-9(11-5-7-14-8-11)13-10(2)12-4-3-6-15-12/h3-10,13H,1-2H3/t9?,10-/m1/s1. The number of hydrogen-bond donors (Lipinski definition) is 1. The van der Waals surface area contributed by atoms with Gasteiger partial charge in [-0.05, 0) is 47.7 Å². The van der Waals surface area contributed by atoms with Gasteiger partial charge in [-0.2, -0.15) is 11.3 Å². The fourth-order valence-electron chi connectivity index (χ4n) is 1.61. The minimum atomic E-state index is 0.424. The molecule has 2 heterocycles. The molecule has 1 N–H and O–H groups in total. The molecule has 1 nitrogen and oxygen atoms in total. The van der Waals surface area contributed by atoms with Gasteiger partial charge in [0.1, 0.15) is 0 Å². The molecule has 0 bridgehead atoms. The van der Waals surface area contributed by atoms with Gasteiger partial charge >= 0.3 is 0 Å². The largest absolute Gasteiger partial charge is 0.303 e. The molecule has 15 heavy (non-hydrogen) atoms. The Morgan fingerprint density at radius 1 is 1.13 bits per heavy atom. The van der Waals surface area contributed by atoms with Gasteiger partial charge in [-0.25, -0.2) is 0 Å². The molecule has 0 saturated carbocycles. The second-order valence-corrected chi connectivity index (χ2v) is 5.44. The molecule has 0 spiro atoms. The molecular formula is C12H15NS2. The third kappa shape index (κ3) is 2.68. The van der Waals surface area contributed by atoms with Gasteiger partial charge in [0.2, 0.25) is 0 Å². The van der Waals surface area contributed by atoms with E-state index in [1.807, 2.05) is 11.3 Å². The van der Waals surface area contributed by atoms with Crippen molar-refractivity contribution in [1.29, 1.82) is 0 Å². The van der Waals surface area contributed by atoms with Gasteiger partial charge in [0.25, 0.3) is 0 Å². The van der Waals surface area contributed by atoms with Gasteiger partial charge in [0.15, 0.2) is 0 Å². The van der Waals surface area contributed by atoms with Crippen LogP contribution in [-0.4, -0.2) is 0 Å². The minimum Gasteiger partial charge on any atom is -0.303 e. The van der Waals surface area contributed by atoms with Crippen LogP contribution in [0.1, 0.15) is 36.4 Å². The highest BCUT2D eigenvalue weighted by molar-refractivity contribution is 7.10. The molecule has 0 aliphatic rings. The summed E-state index contributed by atoms with van der Waals surface area (Å²) in [5, 5.41) is 10.1. The van der Waals surface area contributed by atoms with Crippen molar-refractivity contribution >= 4 is 22.7 Å². The van der Waals surface area contributed by atoms with Crippen LogP contribution < -0.4 is 5.32 Å². The van der Waals surface area contributed by atoms with Crippen LogP contribution in [0.2, 0.25) is 0 Å². The number of nitrogens with one attached hydrogen (secondary N) is 1. The summed E-state index contributed by atoms with van der Waals surface area (Å²) in [6.07, 6.45) is 0. The first-order valence-electron chi connectivity index (χ1n) is 5.09. The summed E-state index contributed by atoms with van der Waals surface area (Å²) in [4.78, 5) is 1.40. The van der Waals surface area contributed by atoms with Crippen LogP contribution >= 0.6 is 22.7 Å². The first-order chi connectivity index (χ1) is 7.27. The molecule has 2 atom stereocenters. The fraction of sp³-hybridized carbons (Fsp3) is 0.333. The molecule has 2 aromatic rings. The Balaban J connectivity index is 1.98. The van der Waals surface area contributed by atoms with Gasteiger partial charge < -0.3 is 5.32 Å². The van der Waals surface area contributed by atoms with Gasteiger partial charge in [0, 0.05) is 17.0 Å². The van der Waals surface area contributed by atoms with Crippen molar-refractivity contribution in [2.75, 3.05) is 0 Å². The maximum Gasteiger partial charge on any atom is 0.0391 e. The normalized spacial score (nSPS) is 15.1. The van der Waals surface area contributed by atoms with Gasteiger partial charge in [-0.1, -0.05) is 6.07 Å². The highest BCUT2D eigenvalue weighted by atomic mass is 32.1. The lowest BCUT2D eigenvalue weighted by Gasteiger charge is -2.18. The fourth-order valence-corrected chi connectivity index (χ4v) is 3.11. The van der Waals surface area contributed by atoms with Crippen molar-refractivity contribution < 1.29 is 0 Å². The molecular weight excluding hydrogens is 222 g/mol. The Kier molecular flexibility index (Phi) is 3.57. The Bertz CT molecular complexity index is 339. The lowest BCUT2D eigenvalue weighted by Crippen LogP contribution is -2.21. The van der Waals surface area contributed by atoms with Crippen LogP contribution in [0.3, 0.4) is 0 Å². The third-order valence-corrected chi connectivity index (χ3v) is 4.27. The van der Waals surface area contributed by atoms with E-state index >= 15 is 0 Å². The Labute approximate surface area is 98.8 Å². The van der Waals surface area contributed by atoms with Crippen LogP contribution in [0, 0.1) is 0 Å². The van der Waals surface area contributed by atoms with E-state index in [2.05, 4.69) is 53.5 Å². The second-order valence-electron chi connectivity index (χ2n) is 3.68. The molecule has 0 aliphatic heterocycles. The maximum atomic E-state index is 3.60. The average Bonchev–Trinajstić information content (AvgIpc) is 2.91. The Morgan fingerprint density at radius 2 is 2.00 bits per heavy atom. The van der Waals surface area contributed by atoms with E-state index < -0.39 is 0 Å². The number of thiophene rings is 2. The molecule has 1 unspecified atom stereocenters. The van der Waals surface area contributed by atoms with Gasteiger partial charge in [-0.3, -0.25) is 0 Å². The summed E-state index contributed by atoms with van der Waals surface area (Å²) in [7, 11) is 0. The van der Waals surface area contributed by atoms with E-state index in [0.29, 0.717) is 12.1 Å². The van der Waals surface area contributed by atoms with Crippen LogP contribution in [0.25, 0.3) is 0 Å². The second kappa shape index (κ2) is 4.92. The monoisotopic (exact) mass is 237 g/mol. The molecule has 2 aromatic heterocycles. The number of hydrogen-bond acceptors (Lipinski definition) is 3. The molecule has 3 heteroatoms. The minimum absolute atomic E-state index is 0.424. The van der Waals surface area contributed by atoms with E-state index in [4.69, 9.17) is 0 Å². The lowest BCUT2D eigenvalue weighted by molar-refractivity contribution is 0.501. The van der Waals surface area contributed by atoms with Crippen molar-refractivity contribution in [2.24, 2.45) is 0 Å². The van der Waals surface area contributed by atoms with Crippen molar-refractivity contribution in [2.45, 2.75) is 25.9 Å². The van der Waals surface area contributed by atoms with E-state index in [0.717, 1.165) is 0 Å². The zero-order valence-electron chi connectivity index (χ0n) is 8.94. The molecule has 80 valence electrons. The highest BCUT2D eigenvalue weighted by Crippen LogP contribution is 2.23. The van der Waals surface area contributed by atoms with E-state index in [-0.39, 0.29) is 0 Å². The third-order valence-electron chi connectivity index (χ3n) is 2.51. The van der Waals surface area contributed by atoms with Crippen LogP contribution in [0.4, 0.5) is 0 Å². The molecule has 0 aromatic carbocycles. The maximum absolute atomic E-state index is 3.60. The van der Waals surface area contributed by atoms with E-state index in [9.17, 15) is 0 Å². The number of rotatable bonds is 4. The predicted molar refractivity (Wildman–Crippen MR) is 68.6 cm³/mol. The van der Waals surface area contributed by atoms with Crippen LogP contribution in [-0.2, 0) is 0 Å². The molecule has 0 saturated heterocycles. The van der Waals surface area contributed by atoms with Crippen molar-refractivity contribution in [3.8, 4) is 0 Å². The summed E-state index contributed by atoms with van der Waals surface area (Å²) in [6, 6.07) is 7.33. The lowest BCUT2D eigenvalue weighted by atomic mass is 10.1. The van der Waals surface area contributed by atoms with Crippen LogP contribution in [0.15, 0.2) is 34.3 Å². The Morgan fingerprint density at radius 3 is 2.60 bits per heavy atom. The quantitative estimate of drug-likeness (QED) is 0.839. The SMILES string of the molecule is CC(N[C@H](C)c1cccs1)c1ccsc1. The molecule has 0 amide bonds. The van der Waals surface area contributed by atoms with E-state index in [1.54, 1.807) is 11.3 Å². The van der Waals surface area contributed by atoms with E-state index in [1.165, 1.54) is 10.4 Å². The average molecular weight is 237 g/mol. The topological polar surface area (TPSA) is 12.0 Å². The molecule has 0 radical (unpaired) electrons. The van der Waals surface area contributed by atoms with Crippen molar-refractivity contribution in [3.05, 3.63) is 44.8 Å². The zero-order chi connectivity index (χ0) is 10.7. The zero-order valence-corrected chi connectivity index (χ0v) is 10.6. The predicted octanol–water partition coefficient (Wildman–Crippen LogP) is 4.22.